The number of halogens is 1. The van der Waals surface area contributed by atoms with E-state index in [1.165, 1.54) is 19.1 Å². The number of carbonyl (C=O) groups is 5. The van der Waals surface area contributed by atoms with Crippen molar-refractivity contribution < 1.29 is 43.0 Å². The van der Waals surface area contributed by atoms with Gasteiger partial charge in [0.25, 0.3) is 0 Å². The van der Waals surface area contributed by atoms with Gasteiger partial charge in [-0.3, -0.25) is 24.0 Å². The molecule has 4 atom stereocenters. The molecular formula is C40H56ClN3O9. The molecule has 0 aromatic heterocycles. The Morgan fingerprint density at radius 3 is 2.36 bits per heavy atom. The Labute approximate surface area is 318 Å². The third-order valence-electron chi connectivity index (χ3n) is 11.3. The highest BCUT2D eigenvalue weighted by molar-refractivity contribution is 6.38. The summed E-state index contributed by atoms with van der Waals surface area (Å²) in [5.41, 5.74) is -0.919. The number of ether oxygens (including phenoxy) is 3. The van der Waals surface area contributed by atoms with Crippen LogP contribution in [0.2, 0.25) is 5.02 Å². The van der Waals surface area contributed by atoms with Gasteiger partial charge in [0.2, 0.25) is 17.6 Å². The van der Waals surface area contributed by atoms with E-state index < -0.39 is 46.5 Å². The van der Waals surface area contributed by atoms with Gasteiger partial charge in [-0.15, -0.1) is 0 Å². The zero-order chi connectivity index (χ0) is 38.7. The standard InChI is InChI=1S/C40H56ClN3O9/c1-8-9-25(35(48)31(46)16-24-10-11-24)17-30(45)29-21-40(20-28(43-53-40)26-18-27(41)33(51-7)19-32(26)50-6)23-44(29)37(49)36(38(2,3)4)42-34(47)22-39(5)12-14-52-15-13-39/h18-19,24-25,29,36H,8-17,20-23H2,1-7H3,(H,42,47)/t25-,29+,36-,40-/m1/s1. The smallest absolute Gasteiger partial charge is 0.246 e. The third kappa shape index (κ3) is 9.60. The second-order valence-electron chi connectivity index (χ2n) is 16.9. The first-order chi connectivity index (χ1) is 25.0. The quantitative estimate of drug-likeness (QED) is 0.204. The minimum atomic E-state index is -1.07. The van der Waals surface area contributed by atoms with Crippen molar-refractivity contribution in [2.75, 3.05) is 34.0 Å². The van der Waals surface area contributed by atoms with Crippen molar-refractivity contribution in [3.05, 3.63) is 22.7 Å². The number of methoxy groups -OCH3 is 2. The number of benzene rings is 1. The Balaban J connectivity index is 1.43. The van der Waals surface area contributed by atoms with Gasteiger partial charge in [-0.1, -0.05) is 57.8 Å². The molecule has 292 valence electrons. The number of hydrogen-bond acceptors (Lipinski definition) is 10. The van der Waals surface area contributed by atoms with E-state index in [2.05, 4.69) is 17.4 Å². The van der Waals surface area contributed by atoms with E-state index in [1.54, 1.807) is 12.1 Å². The van der Waals surface area contributed by atoms with Crippen molar-refractivity contribution in [3.63, 3.8) is 0 Å². The zero-order valence-electron chi connectivity index (χ0n) is 32.3. The number of ketones is 3. The molecular weight excluding hydrogens is 702 g/mol. The van der Waals surface area contributed by atoms with Crippen LogP contribution in [0.1, 0.15) is 111 Å². The maximum atomic E-state index is 14.8. The Hall–Kier alpha value is -3.51. The summed E-state index contributed by atoms with van der Waals surface area (Å²) in [5.74, 6) is -1.54. The zero-order valence-corrected chi connectivity index (χ0v) is 33.1. The monoisotopic (exact) mass is 757 g/mol. The Bertz CT molecular complexity index is 1610. The lowest BCUT2D eigenvalue weighted by Crippen LogP contribution is -2.57. The van der Waals surface area contributed by atoms with Gasteiger partial charge in [0.1, 0.15) is 17.5 Å². The van der Waals surface area contributed by atoms with E-state index in [0.29, 0.717) is 53.9 Å². The summed E-state index contributed by atoms with van der Waals surface area (Å²) >= 11 is 6.49. The van der Waals surface area contributed by atoms with Crippen LogP contribution in [-0.2, 0) is 33.5 Å². The number of hydrogen-bond donors (Lipinski definition) is 1. The number of nitrogens with zero attached hydrogens (tertiary/aromatic N) is 2. The summed E-state index contributed by atoms with van der Waals surface area (Å²) in [6, 6.07) is 1.41. The lowest BCUT2D eigenvalue weighted by Gasteiger charge is -2.37. The molecule has 0 radical (unpaired) electrons. The molecule has 1 aromatic rings. The number of oxime groups is 1. The maximum Gasteiger partial charge on any atom is 0.246 e. The molecule has 3 fully saturated rings. The highest BCUT2D eigenvalue weighted by Gasteiger charge is 2.55. The number of carbonyl (C=O) groups excluding carboxylic acids is 5. The molecule has 53 heavy (non-hydrogen) atoms. The third-order valence-corrected chi connectivity index (χ3v) is 11.6. The van der Waals surface area contributed by atoms with Crippen molar-refractivity contribution >= 4 is 46.5 Å². The fourth-order valence-electron chi connectivity index (χ4n) is 7.83. The van der Waals surface area contributed by atoms with E-state index in [1.807, 2.05) is 27.7 Å². The molecule has 3 heterocycles. The van der Waals surface area contributed by atoms with Crippen LogP contribution in [0.25, 0.3) is 0 Å². The first kappa shape index (κ1) is 40.7. The lowest BCUT2D eigenvalue weighted by molar-refractivity contribution is -0.145. The Kier molecular flexibility index (Phi) is 12.6. The second-order valence-corrected chi connectivity index (χ2v) is 17.3. The summed E-state index contributed by atoms with van der Waals surface area (Å²) < 4.78 is 16.5. The van der Waals surface area contributed by atoms with Crippen LogP contribution in [0.3, 0.4) is 0 Å². The molecule has 0 unspecified atom stereocenters. The summed E-state index contributed by atoms with van der Waals surface area (Å²) in [7, 11) is 3.03. The van der Waals surface area contributed by atoms with Crippen molar-refractivity contribution in [3.8, 4) is 11.5 Å². The first-order valence-electron chi connectivity index (χ1n) is 19.0. The van der Waals surface area contributed by atoms with E-state index in [9.17, 15) is 24.0 Å². The number of likely N-dealkylation sites (tertiary alicyclic amines) is 1. The van der Waals surface area contributed by atoms with Crippen molar-refractivity contribution in [2.24, 2.45) is 27.8 Å². The van der Waals surface area contributed by atoms with Crippen molar-refractivity contribution in [1.82, 2.24) is 10.2 Å². The largest absolute Gasteiger partial charge is 0.496 e. The van der Waals surface area contributed by atoms with Crippen LogP contribution in [0, 0.1) is 22.7 Å². The van der Waals surface area contributed by atoms with Gasteiger partial charge >= 0.3 is 0 Å². The average molecular weight is 758 g/mol. The SMILES string of the molecule is CCC[C@H](CC(=O)[C@@H]1C[C@]2(CC(c3cc(Cl)c(OC)cc3OC)=NO2)CN1C(=O)[C@@H](NC(=O)CC1(C)CCOCC1)C(C)(C)C)C(=O)C(=O)CC1CC1. The molecule has 1 aromatic carbocycles. The number of Topliss-reactive ketones (excluding diaryl/α,β-unsaturated/α-hetero) is 3. The normalized spacial score (nSPS) is 23.5. The molecule has 3 aliphatic heterocycles. The van der Waals surface area contributed by atoms with Crippen LogP contribution >= 0.6 is 11.6 Å². The van der Waals surface area contributed by atoms with Crippen LogP contribution in [0.15, 0.2) is 17.3 Å². The molecule has 1 spiro atoms. The minimum absolute atomic E-state index is 0.0198. The molecule has 0 bridgehead atoms. The fourth-order valence-corrected chi connectivity index (χ4v) is 8.07. The van der Waals surface area contributed by atoms with Gasteiger partial charge in [0.05, 0.1) is 37.5 Å². The topological polar surface area (TPSA) is 150 Å². The van der Waals surface area contributed by atoms with Gasteiger partial charge in [0.15, 0.2) is 17.2 Å². The molecule has 1 saturated carbocycles. The predicted molar refractivity (Wildman–Crippen MR) is 199 cm³/mol. The summed E-state index contributed by atoms with van der Waals surface area (Å²) in [6.45, 7) is 10.8. The van der Waals surface area contributed by atoms with E-state index in [4.69, 9.17) is 30.6 Å². The molecule has 12 nitrogen and oxygen atoms in total. The van der Waals surface area contributed by atoms with Crippen LogP contribution in [0.4, 0.5) is 0 Å². The summed E-state index contributed by atoms with van der Waals surface area (Å²) in [5, 5.41) is 7.82. The molecule has 1 aliphatic carbocycles. The minimum Gasteiger partial charge on any atom is -0.496 e. The van der Waals surface area contributed by atoms with Crippen LogP contribution < -0.4 is 14.8 Å². The van der Waals surface area contributed by atoms with Crippen LogP contribution in [-0.4, -0.2) is 91.4 Å². The molecule has 1 N–H and O–H groups in total. The average Bonchev–Trinajstić information content (AvgIpc) is 3.70. The van der Waals surface area contributed by atoms with Gasteiger partial charge in [-0.05, 0) is 54.9 Å². The highest BCUT2D eigenvalue weighted by atomic mass is 35.5. The van der Waals surface area contributed by atoms with E-state index in [-0.39, 0.29) is 61.7 Å². The van der Waals surface area contributed by atoms with Gasteiger partial charge in [-0.25, -0.2) is 0 Å². The van der Waals surface area contributed by atoms with Crippen molar-refractivity contribution in [2.45, 2.75) is 123 Å². The summed E-state index contributed by atoms with van der Waals surface area (Å²) in [6.07, 6.45) is 5.01. The van der Waals surface area contributed by atoms with Gasteiger partial charge in [-0.2, -0.15) is 0 Å². The number of nitrogens with one attached hydrogen (secondary N) is 1. The number of rotatable bonds is 16. The molecule has 2 saturated heterocycles. The van der Waals surface area contributed by atoms with Crippen LogP contribution in [0.5, 0.6) is 11.5 Å². The van der Waals surface area contributed by atoms with Gasteiger partial charge in [0, 0.05) is 62.9 Å². The molecule has 2 amide bonds. The maximum absolute atomic E-state index is 14.8. The first-order valence-corrected chi connectivity index (χ1v) is 19.3. The highest BCUT2D eigenvalue weighted by Crippen LogP contribution is 2.43. The number of amides is 2. The molecule has 4 aliphatic rings. The lowest BCUT2D eigenvalue weighted by atomic mass is 9.78. The molecule has 13 heteroatoms. The Morgan fingerprint density at radius 1 is 1.08 bits per heavy atom. The fraction of sp³-hybridized carbons (Fsp3) is 0.700. The predicted octanol–water partition coefficient (Wildman–Crippen LogP) is 5.87. The van der Waals surface area contributed by atoms with E-state index >= 15 is 0 Å². The second kappa shape index (κ2) is 16.5. The molecule has 5 rings (SSSR count). The summed E-state index contributed by atoms with van der Waals surface area (Å²) in [4.78, 5) is 76.7. The Morgan fingerprint density at radius 2 is 1.75 bits per heavy atom. The van der Waals surface area contributed by atoms with E-state index in [0.717, 1.165) is 25.7 Å². The van der Waals surface area contributed by atoms with Crippen molar-refractivity contribution in [1.29, 1.82) is 0 Å². The van der Waals surface area contributed by atoms with Gasteiger partial charge < -0.3 is 29.3 Å².